The summed E-state index contributed by atoms with van der Waals surface area (Å²) in [6, 6.07) is 18.0. The Morgan fingerprint density at radius 1 is 0.967 bits per heavy atom. The summed E-state index contributed by atoms with van der Waals surface area (Å²) in [5.74, 6) is 0. The Labute approximate surface area is 178 Å². The SMILES string of the molecule is OCC1CCCN1Cc1cc2cc(-c3cccc(COC4CCCC4)c3)ccc2[nH]1. The predicted molar refractivity (Wildman–Crippen MR) is 121 cm³/mol. The smallest absolute Gasteiger partial charge is 0.0720 e. The van der Waals surface area contributed by atoms with Crippen LogP contribution in [0.15, 0.2) is 48.5 Å². The first-order chi connectivity index (χ1) is 14.8. The molecule has 30 heavy (non-hydrogen) atoms. The zero-order chi connectivity index (χ0) is 20.3. The van der Waals surface area contributed by atoms with Gasteiger partial charge in [-0.1, -0.05) is 37.1 Å². The van der Waals surface area contributed by atoms with E-state index in [9.17, 15) is 5.11 Å². The summed E-state index contributed by atoms with van der Waals surface area (Å²) < 4.78 is 6.11. The summed E-state index contributed by atoms with van der Waals surface area (Å²) in [5, 5.41) is 10.8. The Kier molecular flexibility index (Phi) is 5.89. The molecule has 4 nitrogen and oxygen atoms in total. The van der Waals surface area contributed by atoms with Crippen LogP contribution in [-0.2, 0) is 17.9 Å². The zero-order valence-electron chi connectivity index (χ0n) is 17.6. The highest BCUT2D eigenvalue weighted by Crippen LogP contribution is 2.28. The summed E-state index contributed by atoms with van der Waals surface area (Å²) >= 11 is 0. The number of aliphatic hydroxyl groups is 1. The summed E-state index contributed by atoms with van der Waals surface area (Å²) in [7, 11) is 0. The normalized spacial score (nSPS) is 20.5. The van der Waals surface area contributed by atoms with E-state index >= 15 is 0 Å². The number of fused-ring (bicyclic) bond motifs is 1. The fourth-order valence-corrected chi connectivity index (χ4v) is 5.10. The van der Waals surface area contributed by atoms with Gasteiger partial charge in [-0.2, -0.15) is 0 Å². The van der Waals surface area contributed by atoms with Gasteiger partial charge in [-0.05, 0) is 73.2 Å². The van der Waals surface area contributed by atoms with Gasteiger partial charge in [0.1, 0.15) is 0 Å². The molecule has 0 spiro atoms. The number of hydrogen-bond donors (Lipinski definition) is 2. The van der Waals surface area contributed by atoms with Crippen molar-refractivity contribution in [3.05, 3.63) is 59.8 Å². The van der Waals surface area contributed by atoms with Gasteiger partial charge in [-0.15, -0.1) is 0 Å². The number of nitrogens with zero attached hydrogens (tertiary/aromatic N) is 1. The van der Waals surface area contributed by atoms with Crippen LogP contribution < -0.4 is 0 Å². The van der Waals surface area contributed by atoms with E-state index in [4.69, 9.17) is 4.74 Å². The number of hydrogen-bond acceptors (Lipinski definition) is 3. The molecular formula is C26H32N2O2. The number of benzene rings is 2. The molecule has 2 aromatic carbocycles. The lowest BCUT2D eigenvalue weighted by atomic mass is 10.0. The molecule has 5 rings (SSSR count). The summed E-state index contributed by atoms with van der Waals surface area (Å²) in [4.78, 5) is 5.95. The Balaban J connectivity index is 1.31. The number of likely N-dealkylation sites (tertiary alicyclic amines) is 1. The Morgan fingerprint density at radius 2 is 1.83 bits per heavy atom. The Hall–Kier alpha value is -2.14. The van der Waals surface area contributed by atoms with Gasteiger partial charge >= 0.3 is 0 Å². The van der Waals surface area contributed by atoms with Crippen molar-refractivity contribution in [2.75, 3.05) is 13.2 Å². The van der Waals surface area contributed by atoms with E-state index in [1.807, 2.05) is 0 Å². The highest BCUT2D eigenvalue weighted by atomic mass is 16.5. The molecule has 0 amide bonds. The fraction of sp³-hybridized carbons (Fsp3) is 0.462. The van der Waals surface area contributed by atoms with Crippen molar-refractivity contribution < 1.29 is 9.84 Å². The van der Waals surface area contributed by atoms with Gasteiger partial charge in [0.05, 0.1) is 19.3 Å². The molecule has 2 heterocycles. The minimum Gasteiger partial charge on any atom is -0.395 e. The van der Waals surface area contributed by atoms with Crippen LogP contribution in [0, 0.1) is 0 Å². The molecule has 1 saturated carbocycles. The van der Waals surface area contributed by atoms with Crippen molar-refractivity contribution >= 4 is 10.9 Å². The number of nitrogens with one attached hydrogen (secondary N) is 1. The molecule has 2 fully saturated rings. The molecule has 1 saturated heterocycles. The van der Waals surface area contributed by atoms with Crippen molar-refractivity contribution in [2.45, 2.75) is 63.8 Å². The summed E-state index contributed by atoms with van der Waals surface area (Å²) in [6.07, 6.45) is 7.76. The predicted octanol–water partition coefficient (Wildman–Crippen LogP) is 5.25. The van der Waals surface area contributed by atoms with Crippen LogP contribution in [0.5, 0.6) is 0 Å². The van der Waals surface area contributed by atoms with Gasteiger partial charge in [0.2, 0.25) is 0 Å². The molecule has 1 unspecified atom stereocenters. The van der Waals surface area contributed by atoms with E-state index in [0.717, 1.165) is 19.5 Å². The van der Waals surface area contributed by atoms with Crippen LogP contribution in [0.3, 0.4) is 0 Å². The fourth-order valence-electron chi connectivity index (χ4n) is 5.10. The maximum atomic E-state index is 9.58. The number of rotatable bonds is 7. The minimum atomic E-state index is 0.255. The van der Waals surface area contributed by atoms with Crippen LogP contribution in [-0.4, -0.2) is 40.3 Å². The van der Waals surface area contributed by atoms with Gasteiger partial charge < -0.3 is 14.8 Å². The molecule has 1 atom stereocenters. The van der Waals surface area contributed by atoms with Crippen molar-refractivity contribution in [1.82, 2.24) is 9.88 Å². The lowest BCUT2D eigenvalue weighted by Crippen LogP contribution is -2.31. The Morgan fingerprint density at radius 3 is 2.70 bits per heavy atom. The monoisotopic (exact) mass is 404 g/mol. The second-order valence-corrected chi connectivity index (χ2v) is 8.96. The highest BCUT2D eigenvalue weighted by molar-refractivity contribution is 5.86. The van der Waals surface area contributed by atoms with Gasteiger partial charge in [-0.3, -0.25) is 4.90 Å². The standard InChI is InChI=1S/C26H32N2O2/c29-17-24-7-4-12-28(24)16-23-15-22-14-21(10-11-26(22)27-23)20-6-3-5-19(13-20)18-30-25-8-1-2-9-25/h3,5-6,10-11,13-15,24-25,27,29H,1-2,4,7-9,12,16-18H2. The molecule has 0 radical (unpaired) electrons. The quantitative estimate of drug-likeness (QED) is 0.565. The summed E-state index contributed by atoms with van der Waals surface area (Å²) in [6.45, 7) is 2.91. The lowest BCUT2D eigenvalue weighted by Gasteiger charge is -2.21. The number of aromatic nitrogens is 1. The van der Waals surface area contributed by atoms with Crippen molar-refractivity contribution in [2.24, 2.45) is 0 Å². The third-order valence-electron chi connectivity index (χ3n) is 6.81. The third-order valence-corrected chi connectivity index (χ3v) is 6.81. The number of aromatic amines is 1. The molecule has 1 aliphatic heterocycles. The van der Waals surface area contributed by atoms with E-state index in [1.54, 1.807) is 0 Å². The largest absolute Gasteiger partial charge is 0.395 e. The average molecular weight is 405 g/mol. The molecule has 2 aliphatic rings. The molecule has 1 aromatic heterocycles. The molecule has 158 valence electrons. The molecule has 4 heteroatoms. The lowest BCUT2D eigenvalue weighted by molar-refractivity contribution is 0.0457. The van der Waals surface area contributed by atoms with Crippen molar-refractivity contribution in [3.63, 3.8) is 0 Å². The second kappa shape index (κ2) is 8.93. The van der Waals surface area contributed by atoms with E-state index in [1.165, 1.54) is 65.4 Å². The van der Waals surface area contributed by atoms with E-state index in [-0.39, 0.29) is 6.61 Å². The van der Waals surface area contributed by atoms with Crippen LogP contribution in [0.25, 0.3) is 22.0 Å². The maximum Gasteiger partial charge on any atom is 0.0720 e. The molecule has 3 aromatic rings. The zero-order valence-corrected chi connectivity index (χ0v) is 17.6. The van der Waals surface area contributed by atoms with Gasteiger partial charge in [-0.25, -0.2) is 0 Å². The molecule has 1 aliphatic carbocycles. The van der Waals surface area contributed by atoms with E-state index in [2.05, 4.69) is 58.4 Å². The van der Waals surface area contributed by atoms with Gasteiger partial charge in [0.15, 0.2) is 0 Å². The first-order valence-corrected chi connectivity index (χ1v) is 11.5. The van der Waals surface area contributed by atoms with E-state index in [0.29, 0.717) is 18.8 Å². The number of aliphatic hydroxyl groups excluding tert-OH is 1. The van der Waals surface area contributed by atoms with Gasteiger partial charge in [0.25, 0.3) is 0 Å². The average Bonchev–Trinajstić information content (AvgIpc) is 3.52. The number of ether oxygens (including phenoxy) is 1. The highest BCUT2D eigenvalue weighted by Gasteiger charge is 2.24. The van der Waals surface area contributed by atoms with Crippen LogP contribution in [0.1, 0.15) is 49.8 Å². The van der Waals surface area contributed by atoms with Crippen LogP contribution >= 0.6 is 0 Å². The first-order valence-electron chi connectivity index (χ1n) is 11.5. The van der Waals surface area contributed by atoms with Crippen molar-refractivity contribution in [3.8, 4) is 11.1 Å². The third kappa shape index (κ3) is 4.31. The van der Waals surface area contributed by atoms with Gasteiger partial charge in [0, 0.05) is 29.2 Å². The van der Waals surface area contributed by atoms with Crippen molar-refractivity contribution in [1.29, 1.82) is 0 Å². The summed E-state index contributed by atoms with van der Waals surface area (Å²) in [5.41, 5.74) is 6.13. The molecule has 0 bridgehead atoms. The van der Waals surface area contributed by atoms with Crippen LogP contribution in [0.4, 0.5) is 0 Å². The maximum absolute atomic E-state index is 9.58. The number of H-pyrrole nitrogens is 1. The van der Waals surface area contributed by atoms with Crippen LogP contribution in [0.2, 0.25) is 0 Å². The minimum absolute atomic E-state index is 0.255. The van der Waals surface area contributed by atoms with E-state index < -0.39 is 0 Å². The topological polar surface area (TPSA) is 48.5 Å². The Bertz CT molecular complexity index is 990. The molecular weight excluding hydrogens is 372 g/mol. The molecule has 2 N–H and O–H groups in total. The second-order valence-electron chi connectivity index (χ2n) is 8.96. The first kappa shape index (κ1) is 19.8.